The van der Waals surface area contributed by atoms with Crippen molar-refractivity contribution in [2.45, 2.75) is 33.2 Å². The smallest absolute Gasteiger partial charge is 0.254 e. The third-order valence-electron chi connectivity index (χ3n) is 5.27. The topological polar surface area (TPSA) is 120 Å². The molecule has 7 heteroatoms. The van der Waals surface area contributed by atoms with Gasteiger partial charge in [0.25, 0.3) is 11.8 Å². The maximum absolute atomic E-state index is 12.7. The Bertz CT molecular complexity index is 978. The number of amidine groups is 1. The molecule has 0 saturated carbocycles. The molecule has 152 valence electrons. The number of phenols is 1. The number of carbonyl (C=O) groups is 2. The fourth-order valence-electron chi connectivity index (χ4n) is 3.55. The monoisotopic (exact) mass is 394 g/mol. The van der Waals surface area contributed by atoms with Crippen molar-refractivity contribution in [3.05, 3.63) is 63.7 Å². The van der Waals surface area contributed by atoms with Gasteiger partial charge in [0.1, 0.15) is 11.6 Å². The maximum atomic E-state index is 12.7. The van der Waals surface area contributed by atoms with Crippen LogP contribution in [0.2, 0.25) is 0 Å². The van der Waals surface area contributed by atoms with Crippen LogP contribution in [-0.4, -0.2) is 40.7 Å². The zero-order valence-electron chi connectivity index (χ0n) is 16.7. The molecule has 2 aromatic rings. The van der Waals surface area contributed by atoms with Crippen LogP contribution in [0.25, 0.3) is 0 Å². The molecule has 1 heterocycles. The van der Waals surface area contributed by atoms with Crippen LogP contribution in [0.3, 0.4) is 0 Å². The van der Waals surface area contributed by atoms with Gasteiger partial charge >= 0.3 is 0 Å². The Morgan fingerprint density at radius 1 is 1.10 bits per heavy atom. The van der Waals surface area contributed by atoms with Crippen molar-refractivity contribution >= 4 is 17.6 Å². The van der Waals surface area contributed by atoms with E-state index in [9.17, 15) is 14.7 Å². The van der Waals surface area contributed by atoms with Gasteiger partial charge in [-0.05, 0) is 68.1 Å². The lowest BCUT2D eigenvalue weighted by atomic mass is 9.98. The fourth-order valence-corrected chi connectivity index (χ4v) is 3.55. The van der Waals surface area contributed by atoms with Crippen molar-refractivity contribution in [2.24, 2.45) is 5.73 Å². The average molecular weight is 394 g/mol. The molecule has 1 aliphatic rings. The molecule has 0 aromatic heterocycles. The second-order valence-electron chi connectivity index (χ2n) is 7.42. The number of hydrogen-bond acceptors (Lipinski definition) is 4. The standard InChI is InChI=1S/C22H26N4O3/c1-13-10-18(22(29)26-7-3-4-8-26)14(2)9-17(13)21(28)25-12-16-11-15(20(23)24)5-6-19(16)27/h5-6,9-11,27H,3-4,7-8,12H2,1-2H3,(H3,23,24)(H,25,28). The van der Waals surface area contributed by atoms with E-state index in [1.165, 1.54) is 6.07 Å². The highest BCUT2D eigenvalue weighted by atomic mass is 16.3. The number of nitrogens with two attached hydrogens (primary N) is 1. The first-order valence-corrected chi connectivity index (χ1v) is 9.63. The van der Waals surface area contributed by atoms with Gasteiger partial charge in [0.15, 0.2) is 0 Å². The molecular formula is C22H26N4O3. The Hall–Kier alpha value is -3.35. The molecule has 2 aromatic carbocycles. The van der Waals surface area contributed by atoms with Crippen LogP contribution >= 0.6 is 0 Å². The second kappa shape index (κ2) is 8.34. The zero-order chi connectivity index (χ0) is 21.1. The van der Waals surface area contributed by atoms with Gasteiger partial charge < -0.3 is 21.1 Å². The Labute approximate surface area is 170 Å². The van der Waals surface area contributed by atoms with Crippen molar-refractivity contribution in [1.82, 2.24) is 10.2 Å². The lowest BCUT2D eigenvalue weighted by Gasteiger charge is -2.18. The largest absolute Gasteiger partial charge is 0.508 e. The van der Waals surface area contributed by atoms with Crippen molar-refractivity contribution in [2.75, 3.05) is 13.1 Å². The summed E-state index contributed by atoms with van der Waals surface area (Å²) in [4.78, 5) is 27.3. The Balaban J connectivity index is 1.76. The van der Waals surface area contributed by atoms with E-state index in [1.54, 1.807) is 24.3 Å². The molecule has 0 bridgehead atoms. The predicted octanol–water partition coefficient (Wildman–Crippen LogP) is 2.46. The Morgan fingerprint density at radius 2 is 1.72 bits per heavy atom. The Morgan fingerprint density at radius 3 is 2.38 bits per heavy atom. The molecule has 1 aliphatic heterocycles. The molecule has 2 amide bonds. The number of rotatable bonds is 5. The summed E-state index contributed by atoms with van der Waals surface area (Å²) in [5.41, 5.74) is 9.04. The van der Waals surface area contributed by atoms with E-state index in [4.69, 9.17) is 11.1 Å². The number of aryl methyl sites for hydroxylation is 2. The number of phenolic OH excluding ortho intramolecular Hbond substituents is 1. The fraction of sp³-hybridized carbons (Fsp3) is 0.318. The van der Waals surface area contributed by atoms with Gasteiger partial charge in [0.2, 0.25) is 0 Å². The van der Waals surface area contributed by atoms with Crippen LogP contribution < -0.4 is 11.1 Å². The number of carbonyl (C=O) groups excluding carboxylic acids is 2. The summed E-state index contributed by atoms with van der Waals surface area (Å²) >= 11 is 0. The zero-order valence-corrected chi connectivity index (χ0v) is 16.7. The van der Waals surface area contributed by atoms with E-state index < -0.39 is 0 Å². The van der Waals surface area contributed by atoms with Gasteiger partial charge in [0, 0.05) is 41.9 Å². The highest BCUT2D eigenvalue weighted by Gasteiger charge is 2.22. The lowest BCUT2D eigenvalue weighted by molar-refractivity contribution is 0.0791. The van der Waals surface area contributed by atoms with Gasteiger partial charge in [-0.2, -0.15) is 0 Å². The van der Waals surface area contributed by atoms with E-state index in [1.807, 2.05) is 18.7 Å². The third-order valence-corrected chi connectivity index (χ3v) is 5.27. The number of aromatic hydroxyl groups is 1. The van der Waals surface area contributed by atoms with E-state index in [2.05, 4.69) is 5.32 Å². The molecule has 0 unspecified atom stereocenters. The number of likely N-dealkylation sites (tertiary alicyclic amines) is 1. The summed E-state index contributed by atoms with van der Waals surface area (Å²) in [6, 6.07) is 8.09. The van der Waals surface area contributed by atoms with Gasteiger partial charge in [-0.3, -0.25) is 15.0 Å². The highest BCUT2D eigenvalue weighted by Crippen LogP contribution is 2.21. The highest BCUT2D eigenvalue weighted by molar-refractivity contribution is 6.00. The molecule has 1 fully saturated rings. The molecule has 7 nitrogen and oxygen atoms in total. The minimum atomic E-state index is -0.293. The first-order chi connectivity index (χ1) is 13.8. The first kappa shape index (κ1) is 20.4. The first-order valence-electron chi connectivity index (χ1n) is 9.63. The van der Waals surface area contributed by atoms with E-state index in [-0.39, 0.29) is 29.9 Å². The molecule has 0 aliphatic carbocycles. The molecule has 1 saturated heterocycles. The van der Waals surface area contributed by atoms with Crippen molar-refractivity contribution in [3.63, 3.8) is 0 Å². The van der Waals surface area contributed by atoms with Crippen molar-refractivity contribution in [1.29, 1.82) is 5.41 Å². The minimum absolute atomic E-state index is 0.0148. The van der Waals surface area contributed by atoms with Gasteiger partial charge in [-0.1, -0.05) is 0 Å². The number of hydrogen-bond donors (Lipinski definition) is 4. The van der Waals surface area contributed by atoms with Gasteiger partial charge in [-0.15, -0.1) is 0 Å². The summed E-state index contributed by atoms with van der Waals surface area (Å²) < 4.78 is 0. The van der Waals surface area contributed by atoms with E-state index in [0.717, 1.165) is 37.1 Å². The number of benzene rings is 2. The number of amides is 2. The molecule has 0 radical (unpaired) electrons. The van der Waals surface area contributed by atoms with Crippen LogP contribution in [0.5, 0.6) is 5.75 Å². The molecule has 29 heavy (non-hydrogen) atoms. The second-order valence-corrected chi connectivity index (χ2v) is 7.42. The van der Waals surface area contributed by atoms with E-state index in [0.29, 0.717) is 22.3 Å². The summed E-state index contributed by atoms with van der Waals surface area (Å²) in [6.45, 7) is 5.30. The Kier molecular flexibility index (Phi) is 5.87. The van der Waals surface area contributed by atoms with Gasteiger partial charge in [0.05, 0.1) is 0 Å². The third kappa shape index (κ3) is 4.39. The number of nitrogen functional groups attached to an aromatic ring is 1. The van der Waals surface area contributed by atoms with Crippen molar-refractivity contribution < 1.29 is 14.7 Å². The number of nitrogens with one attached hydrogen (secondary N) is 2. The normalized spacial score (nSPS) is 13.4. The molecule has 0 spiro atoms. The van der Waals surface area contributed by atoms with E-state index >= 15 is 0 Å². The summed E-state index contributed by atoms with van der Waals surface area (Å²) in [6.07, 6.45) is 2.06. The van der Waals surface area contributed by atoms with Crippen LogP contribution in [0.4, 0.5) is 0 Å². The summed E-state index contributed by atoms with van der Waals surface area (Å²) in [5.74, 6) is -0.364. The van der Waals surface area contributed by atoms with Crippen LogP contribution in [0, 0.1) is 19.3 Å². The summed E-state index contributed by atoms with van der Waals surface area (Å²) in [7, 11) is 0. The number of nitrogens with zero attached hydrogens (tertiary/aromatic N) is 1. The molecule has 3 rings (SSSR count). The maximum Gasteiger partial charge on any atom is 0.254 e. The lowest BCUT2D eigenvalue weighted by Crippen LogP contribution is -2.29. The predicted molar refractivity (Wildman–Crippen MR) is 111 cm³/mol. The average Bonchev–Trinajstić information content (AvgIpc) is 3.22. The SMILES string of the molecule is Cc1cc(C(=O)N2CCCC2)c(C)cc1C(=O)NCc1cc(C(=N)N)ccc1O. The molecular weight excluding hydrogens is 368 g/mol. The molecule has 0 atom stereocenters. The van der Waals surface area contributed by atoms with Crippen molar-refractivity contribution in [3.8, 4) is 5.75 Å². The van der Waals surface area contributed by atoms with Gasteiger partial charge in [-0.25, -0.2) is 0 Å². The van der Waals surface area contributed by atoms with Crippen LogP contribution in [0.15, 0.2) is 30.3 Å². The summed E-state index contributed by atoms with van der Waals surface area (Å²) in [5, 5.41) is 20.3. The quantitative estimate of drug-likeness (QED) is 0.460. The van der Waals surface area contributed by atoms with Crippen LogP contribution in [-0.2, 0) is 6.54 Å². The van der Waals surface area contributed by atoms with Crippen LogP contribution in [0.1, 0.15) is 55.8 Å². The molecule has 5 N–H and O–H groups in total. The minimum Gasteiger partial charge on any atom is -0.508 e.